The lowest BCUT2D eigenvalue weighted by molar-refractivity contribution is -0.153. The SMILES string of the molecule is Cc1ccc(OCC(=O)OCC(=O)N2CCC(c3ccccc3)=N2)cc1C. The van der Waals surface area contributed by atoms with Gasteiger partial charge in [0.1, 0.15) is 5.75 Å². The van der Waals surface area contributed by atoms with E-state index in [1.54, 1.807) is 6.07 Å². The van der Waals surface area contributed by atoms with Gasteiger partial charge < -0.3 is 9.47 Å². The van der Waals surface area contributed by atoms with E-state index < -0.39 is 5.97 Å². The number of hydrogen-bond donors (Lipinski definition) is 0. The first-order chi connectivity index (χ1) is 13.0. The second-order valence-electron chi connectivity index (χ2n) is 6.38. The van der Waals surface area contributed by atoms with Gasteiger partial charge in [0.25, 0.3) is 5.91 Å². The lowest BCUT2D eigenvalue weighted by Crippen LogP contribution is -2.29. The molecule has 0 radical (unpaired) electrons. The third kappa shape index (κ3) is 4.94. The third-order valence-electron chi connectivity index (χ3n) is 4.39. The van der Waals surface area contributed by atoms with Gasteiger partial charge in [0, 0.05) is 6.42 Å². The van der Waals surface area contributed by atoms with Crippen LogP contribution in [-0.2, 0) is 14.3 Å². The summed E-state index contributed by atoms with van der Waals surface area (Å²) >= 11 is 0. The number of ether oxygens (including phenoxy) is 2. The van der Waals surface area contributed by atoms with Gasteiger partial charge in [-0.15, -0.1) is 0 Å². The van der Waals surface area contributed by atoms with E-state index in [1.807, 2.05) is 56.3 Å². The minimum atomic E-state index is -0.590. The topological polar surface area (TPSA) is 68.2 Å². The molecular weight excluding hydrogens is 344 g/mol. The highest BCUT2D eigenvalue weighted by Gasteiger charge is 2.22. The first-order valence-electron chi connectivity index (χ1n) is 8.82. The highest BCUT2D eigenvalue weighted by Crippen LogP contribution is 2.16. The molecule has 1 aliphatic heterocycles. The molecule has 2 aromatic rings. The second kappa shape index (κ2) is 8.49. The standard InChI is InChI=1S/C21H22N2O4/c1-15-8-9-18(12-16(15)2)26-14-21(25)27-13-20(24)23-11-10-19(22-23)17-6-4-3-5-7-17/h3-9,12H,10-11,13-14H2,1-2H3. The lowest BCUT2D eigenvalue weighted by atomic mass is 10.1. The van der Waals surface area contributed by atoms with Crippen molar-refractivity contribution in [3.63, 3.8) is 0 Å². The molecule has 1 amide bonds. The number of rotatable bonds is 6. The minimum absolute atomic E-state index is 0.242. The first kappa shape index (κ1) is 18.6. The highest BCUT2D eigenvalue weighted by atomic mass is 16.6. The van der Waals surface area contributed by atoms with Gasteiger partial charge >= 0.3 is 5.97 Å². The molecule has 1 aliphatic rings. The van der Waals surface area contributed by atoms with Gasteiger partial charge in [-0.1, -0.05) is 36.4 Å². The number of esters is 1. The zero-order chi connectivity index (χ0) is 19.2. The average molecular weight is 366 g/mol. The van der Waals surface area contributed by atoms with E-state index in [9.17, 15) is 9.59 Å². The summed E-state index contributed by atoms with van der Waals surface area (Å²) in [5.41, 5.74) is 4.08. The highest BCUT2D eigenvalue weighted by molar-refractivity contribution is 6.02. The van der Waals surface area contributed by atoms with Crippen molar-refractivity contribution in [1.29, 1.82) is 0 Å². The predicted octanol–water partition coefficient (Wildman–Crippen LogP) is 2.86. The summed E-state index contributed by atoms with van der Waals surface area (Å²) in [5.74, 6) is -0.341. The minimum Gasteiger partial charge on any atom is -0.482 e. The van der Waals surface area contributed by atoms with Crippen LogP contribution in [0, 0.1) is 13.8 Å². The Morgan fingerprint density at radius 2 is 1.81 bits per heavy atom. The maximum atomic E-state index is 12.2. The Balaban J connectivity index is 1.45. The Labute approximate surface area is 158 Å². The molecule has 0 fully saturated rings. The van der Waals surface area contributed by atoms with E-state index in [2.05, 4.69) is 5.10 Å². The van der Waals surface area contributed by atoms with Gasteiger partial charge in [0.05, 0.1) is 12.3 Å². The molecule has 0 aromatic heterocycles. The van der Waals surface area contributed by atoms with Crippen molar-refractivity contribution < 1.29 is 19.1 Å². The zero-order valence-corrected chi connectivity index (χ0v) is 15.5. The Hall–Kier alpha value is -3.15. The average Bonchev–Trinajstić information content (AvgIpc) is 3.18. The molecule has 0 aliphatic carbocycles. The van der Waals surface area contributed by atoms with Gasteiger partial charge in [0.2, 0.25) is 0 Å². The summed E-state index contributed by atoms with van der Waals surface area (Å²) in [6, 6.07) is 15.3. The molecule has 140 valence electrons. The number of hydrogen-bond acceptors (Lipinski definition) is 5. The van der Waals surface area contributed by atoms with Crippen LogP contribution in [0.2, 0.25) is 0 Å². The molecule has 6 nitrogen and oxygen atoms in total. The fourth-order valence-electron chi connectivity index (χ4n) is 2.67. The molecule has 0 saturated heterocycles. The van der Waals surface area contributed by atoms with Crippen molar-refractivity contribution in [3.05, 3.63) is 65.2 Å². The van der Waals surface area contributed by atoms with Crippen LogP contribution in [0.25, 0.3) is 0 Å². The molecule has 1 heterocycles. The Kier molecular flexibility index (Phi) is 5.86. The van der Waals surface area contributed by atoms with Crippen LogP contribution < -0.4 is 4.74 Å². The van der Waals surface area contributed by atoms with Crippen molar-refractivity contribution in [3.8, 4) is 5.75 Å². The molecule has 3 rings (SSSR count). The van der Waals surface area contributed by atoms with Crippen LogP contribution in [0.3, 0.4) is 0 Å². The number of benzene rings is 2. The van der Waals surface area contributed by atoms with E-state index in [-0.39, 0.29) is 19.1 Å². The van der Waals surface area contributed by atoms with Crippen molar-refractivity contribution in [2.45, 2.75) is 20.3 Å². The van der Waals surface area contributed by atoms with E-state index in [4.69, 9.17) is 9.47 Å². The smallest absolute Gasteiger partial charge is 0.344 e. The summed E-state index contributed by atoms with van der Waals surface area (Å²) in [6.07, 6.45) is 0.680. The summed E-state index contributed by atoms with van der Waals surface area (Å²) < 4.78 is 10.4. The van der Waals surface area contributed by atoms with Gasteiger partial charge in [-0.3, -0.25) is 4.79 Å². The molecule has 0 spiro atoms. The number of hydrazone groups is 1. The number of carbonyl (C=O) groups is 2. The molecule has 0 saturated carbocycles. The van der Waals surface area contributed by atoms with Gasteiger partial charge in [-0.25, -0.2) is 9.80 Å². The fourth-order valence-corrected chi connectivity index (χ4v) is 2.67. The Morgan fingerprint density at radius 1 is 1.04 bits per heavy atom. The summed E-state index contributed by atoms with van der Waals surface area (Å²) in [4.78, 5) is 24.0. The molecule has 6 heteroatoms. The lowest BCUT2D eigenvalue weighted by Gasteiger charge is -2.12. The van der Waals surface area contributed by atoms with Crippen molar-refractivity contribution in [2.24, 2.45) is 5.10 Å². The van der Waals surface area contributed by atoms with E-state index in [0.717, 1.165) is 22.4 Å². The van der Waals surface area contributed by atoms with Crippen LogP contribution in [0.1, 0.15) is 23.1 Å². The maximum absolute atomic E-state index is 12.2. The fraction of sp³-hybridized carbons (Fsp3) is 0.286. The number of carbonyl (C=O) groups excluding carboxylic acids is 2. The van der Waals surface area contributed by atoms with E-state index >= 15 is 0 Å². The summed E-state index contributed by atoms with van der Waals surface area (Å²) in [5, 5.41) is 5.67. The first-order valence-corrected chi connectivity index (χ1v) is 8.82. The van der Waals surface area contributed by atoms with Gasteiger partial charge in [-0.2, -0.15) is 5.10 Å². The van der Waals surface area contributed by atoms with E-state index in [1.165, 1.54) is 5.01 Å². The van der Waals surface area contributed by atoms with Crippen LogP contribution >= 0.6 is 0 Å². The normalized spacial score (nSPS) is 13.3. The number of aryl methyl sites for hydroxylation is 2. The van der Waals surface area contributed by atoms with Crippen molar-refractivity contribution in [2.75, 3.05) is 19.8 Å². The molecule has 0 N–H and O–H groups in total. The molecule has 0 bridgehead atoms. The summed E-state index contributed by atoms with van der Waals surface area (Å²) in [6.45, 7) is 3.87. The van der Waals surface area contributed by atoms with Crippen LogP contribution in [-0.4, -0.2) is 42.4 Å². The van der Waals surface area contributed by atoms with E-state index in [0.29, 0.717) is 18.7 Å². The number of nitrogens with zero attached hydrogens (tertiary/aromatic N) is 2. The molecule has 2 aromatic carbocycles. The predicted molar refractivity (Wildman–Crippen MR) is 102 cm³/mol. The maximum Gasteiger partial charge on any atom is 0.344 e. The number of amides is 1. The van der Waals surface area contributed by atoms with Gasteiger partial charge in [0.15, 0.2) is 13.2 Å². The molecule has 0 atom stereocenters. The Bertz CT molecular complexity index is 862. The molecule has 0 unspecified atom stereocenters. The van der Waals surface area contributed by atoms with Crippen molar-refractivity contribution in [1.82, 2.24) is 5.01 Å². The molecular formula is C21H22N2O4. The van der Waals surface area contributed by atoms with Crippen LogP contribution in [0.4, 0.5) is 0 Å². The van der Waals surface area contributed by atoms with Crippen LogP contribution in [0.15, 0.2) is 53.6 Å². The Morgan fingerprint density at radius 3 is 2.56 bits per heavy atom. The second-order valence-corrected chi connectivity index (χ2v) is 6.38. The summed E-state index contributed by atoms with van der Waals surface area (Å²) in [7, 11) is 0. The van der Waals surface area contributed by atoms with Crippen molar-refractivity contribution >= 4 is 17.6 Å². The molecule has 27 heavy (non-hydrogen) atoms. The van der Waals surface area contributed by atoms with Gasteiger partial charge in [-0.05, 0) is 42.7 Å². The third-order valence-corrected chi connectivity index (χ3v) is 4.39. The zero-order valence-electron chi connectivity index (χ0n) is 15.5. The largest absolute Gasteiger partial charge is 0.482 e. The quantitative estimate of drug-likeness (QED) is 0.737. The monoisotopic (exact) mass is 366 g/mol. The van der Waals surface area contributed by atoms with Crippen LogP contribution in [0.5, 0.6) is 5.75 Å².